The molecule has 0 bridgehead atoms. The fourth-order valence-electron chi connectivity index (χ4n) is 5.40. The average Bonchev–Trinajstić information content (AvgIpc) is 3.06. The molecule has 0 unspecified atom stereocenters. The molecule has 0 radical (unpaired) electrons. The lowest BCUT2D eigenvalue weighted by molar-refractivity contribution is -0.00834. The lowest BCUT2D eigenvalue weighted by atomic mass is 10.0. The highest BCUT2D eigenvalue weighted by Crippen LogP contribution is 2.30. The zero-order valence-electron chi connectivity index (χ0n) is 27.6. The molecule has 2 N–H and O–H groups in total. The summed E-state index contributed by atoms with van der Waals surface area (Å²) in [5.74, 6) is -1.20. The number of carbonyl (C=O) groups is 1. The molecule has 0 spiro atoms. The summed E-state index contributed by atoms with van der Waals surface area (Å²) in [5.41, 5.74) is 0.259. The minimum atomic E-state index is -3.98. The summed E-state index contributed by atoms with van der Waals surface area (Å²) in [6.45, 7) is 5.40. The zero-order valence-corrected chi connectivity index (χ0v) is 29.2. The Bertz CT molecular complexity index is 1740. The van der Waals surface area contributed by atoms with Gasteiger partial charge in [0.15, 0.2) is 0 Å². The number of nitrogens with one attached hydrogen (secondary N) is 1. The van der Waals surface area contributed by atoms with Gasteiger partial charge in [-0.25, -0.2) is 21.2 Å². The molecule has 4 rings (SSSR count). The summed E-state index contributed by atoms with van der Waals surface area (Å²) >= 11 is 0. The number of aliphatic hydroxyl groups excluding tert-OH is 1. The Morgan fingerprint density at radius 1 is 1.00 bits per heavy atom. The maximum Gasteiger partial charge on any atom is 0.261 e. The highest BCUT2D eigenvalue weighted by atomic mass is 32.2. The predicted octanol–water partition coefficient (Wildman–Crippen LogP) is 4.74. The van der Waals surface area contributed by atoms with E-state index in [1.54, 1.807) is 31.2 Å². The van der Waals surface area contributed by atoms with E-state index in [-0.39, 0.29) is 52.6 Å². The van der Waals surface area contributed by atoms with E-state index in [9.17, 15) is 31.1 Å². The number of anilines is 1. The van der Waals surface area contributed by atoms with Gasteiger partial charge in [-0.3, -0.25) is 9.52 Å². The first kappa shape index (κ1) is 37.3. The normalized spacial score (nSPS) is 20.8. The van der Waals surface area contributed by atoms with E-state index in [1.165, 1.54) is 48.3 Å². The van der Waals surface area contributed by atoms with E-state index in [0.717, 1.165) is 22.9 Å². The molecule has 1 aliphatic heterocycles. The van der Waals surface area contributed by atoms with E-state index in [1.807, 2.05) is 13.8 Å². The lowest BCUT2D eigenvalue weighted by Crippen LogP contribution is -2.48. The lowest BCUT2D eigenvalue weighted by Gasteiger charge is -2.35. The zero-order chi connectivity index (χ0) is 35.1. The molecule has 0 saturated heterocycles. The van der Waals surface area contributed by atoms with Crippen LogP contribution in [0.5, 0.6) is 5.75 Å². The number of ether oxygens (including phenoxy) is 2. The molecular formula is C34H44FN3O8S2. The quantitative estimate of drug-likeness (QED) is 0.325. The van der Waals surface area contributed by atoms with Crippen molar-refractivity contribution in [2.45, 2.75) is 68.1 Å². The summed E-state index contributed by atoms with van der Waals surface area (Å²) in [6, 6.07) is 16.3. The van der Waals surface area contributed by atoms with E-state index in [0.29, 0.717) is 19.4 Å². The number of sulfonamides is 2. The van der Waals surface area contributed by atoms with Gasteiger partial charge in [0.05, 0.1) is 40.2 Å². The molecule has 1 amide bonds. The molecule has 11 nitrogen and oxygen atoms in total. The van der Waals surface area contributed by atoms with Crippen molar-refractivity contribution in [1.29, 1.82) is 0 Å². The van der Waals surface area contributed by atoms with Gasteiger partial charge in [-0.1, -0.05) is 25.1 Å². The Morgan fingerprint density at radius 2 is 1.69 bits per heavy atom. The highest BCUT2D eigenvalue weighted by Gasteiger charge is 2.32. The smallest absolute Gasteiger partial charge is 0.261 e. The van der Waals surface area contributed by atoms with Crippen molar-refractivity contribution in [1.82, 2.24) is 9.21 Å². The minimum absolute atomic E-state index is 0.0437. The van der Waals surface area contributed by atoms with Crippen LogP contribution in [0.2, 0.25) is 0 Å². The standard InChI is InChI=1S/C34H44FN3O8S2/c1-24-21-38(25(2)23-39)34(40)31-20-28(36-47(41,42)29-11-6-5-7-12-29)15-18-32(31)46-26(3)10-8-9-19-45-33(24)22-37(4)48(43,44)30-16-13-27(35)14-17-30/h5-7,11-18,20,24-26,33,36,39H,8-10,19,21-23H2,1-4H3/t24-,25+,26-,33+/m1/s1. The maximum absolute atomic E-state index is 14.3. The monoisotopic (exact) mass is 705 g/mol. The number of fused-ring (bicyclic) bond motifs is 1. The molecule has 0 fully saturated rings. The van der Waals surface area contributed by atoms with Crippen LogP contribution in [-0.2, 0) is 24.8 Å². The number of aliphatic hydroxyl groups is 1. The molecule has 3 aromatic carbocycles. The van der Waals surface area contributed by atoms with Crippen molar-refractivity contribution < 1.29 is 40.6 Å². The summed E-state index contributed by atoms with van der Waals surface area (Å²) in [7, 11) is -6.51. The number of amides is 1. The van der Waals surface area contributed by atoms with Gasteiger partial charge in [0.1, 0.15) is 11.6 Å². The maximum atomic E-state index is 14.3. The van der Waals surface area contributed by atoms with Crippen LogP contribution >= 0.6 is 0 Å². The van der Waals surface area contributed by atoms with Crippen molar-refractivity contribution in [3.8, 4) is 5.75 Å². The fourth-order valence-corrected chi connectivity index (χ4v) is 7.65. The van der Waals surface area contributed by atoms with Gasteiger partial charge in [0.25, 0.3) is 15.9 Å². The first-order chi connectivity index (χ1) is 22.7. The Kier molecular flexibility index (Phi) is 12.6. The molecule has 0 aromatic heterocycles. The molecule has 0 aliphatic carbocycles. The van der Waals surface area contributed by atoms with Crippen LogP contribution in [0.3, 0.4) is 0 Å². The van der Waals surface area contributed by atoms with Crippen molar-refractivity contribution in [3.63, 3.8) is 0 Å². The van der Waals surface area contributed by atoms with Gasteiger partial charge in [-0.15, -0.1) is 0 Å². The van der Waals surface area contributed by atoms with Crippen LogP contribution in [0.4, 0.5) is 10.1 Å². The van der Waals surface area contributed by atoms with Gasteiger partial charge in [-0.05, 0) is 87.7 Å². The third kappa shape index (κ3) is 9.32. The predicted molar refractivity (Wildman–Crippen MR) is 180 cm³/mol. The van der Waals surface area contributed by atoms with Gasteiger partial charge in [0.2, 0.25) is 10.0 Å². The molecule has 14 heteroatoms. The fraction of sp³-hybridized carbons (Fsp3) is 0.441. The van der Waals surface area contributed by atoms with Crippen LogP contribution < -0.4 is 9.46 Å². The van der Waals surface area contributed by atoms with E-state index in [4.69, 9.17) is 9.47 Å². The number of hydrogen-bond acceptors (Lipinski definition) is 8. The van der Waals surface area contributed by atoms with Crippen molar-refractivity contribution in [2.75, 3.05) is 38.1 Å². The van der Waals surface area contributed by atoms with Gasteiger partial charge < -0.3 is 19.5 Å². The Balaban J connectivity index is 1.67. The second-order valence-electron chi connectivity index (χ2n) is 12.2. The second-order valence-corrected chi connectivity index (χ2v) is 15.9. The molecular weight excluding hydrogens is 662 g/mol. The van der Waals surface area contributed by atoms with E-state index in [2.05, 4.69) is 4.72 Å². The van der Waals surface area contributed by atoms with E-state index >= 15 is 0 Å². The SMILES string of the molecule is C[C@@H]1CCCCO[C@@H](CN(C)S(=O)(=O)c2ccc(F)cc2)[C@H](C)CN([C@@H](C)CO)C(=O)c2cc(NS(=O)(=O)c3ccccc3)ccc2O1. The molecule has 4 atom stereocenters. The molecule has 1 aliphatic rings. The molecule has 1 heterocycles. The van der Waals surface area contributed by atoms with E-state index < -0.39 is 49.8 Å². The molecule has 3 aromatic rings. The second kappa shape index (κ2) is 16.2. The first-order valence-electron chi connectivity index (χ1n) is 15.9. The molecule has 0 saturated carbocycles. The number of carbonyl (C=O) groups excluding carboxylic acids is 1. The summed E-state index contributed by atoms with van der Waals surface area (Å²) in [4.78, 5) is 15.8. The van der Waals surface area contributed by atoms with Crippen LogP contribution in [0.1, 0.15) is 50.4 Å². The van der Waals surface area contributed by atoms with Crippen molar-refractivity contribution in [3.05, 3.63) is 84.2 Å². The Morgan fingerprint density at radius 3 is 2.35 bits per heavy atom. The Labute approximate surface area is 282 Å². The minimum Gasteiger partial charge on any atom is -0.490 e. The molecule has 48 heavy (non-hydrogen) atoms. The third-order valence-corrected chi connectivity index (χ3v) is 11.6. The van der Waals surface area contributed by atoms with Crippen LogP contribution in [-0.4, -0.2) is 88.7 Å². The van der Waals surface area contributed by atoms with Gasteiger partial charge in [0, 0.05) is 38.3 Å². The topological polar surface area (TPSA) is 143 Å². The summed E-state index contributed by atoms with van der Waals surface area (Å²) in [5, 5.41) is 10.2. The molecule has 262 valence electrons. The number of hydrogen-bond donors (Lipinski definition) is 2. The van der Waals surface area contributed by atoms with Crippen LogP contribution in [0.15, 0.2) is 82.6 Å². The van der Waals surface area contributed by atoms with Crippen LogP contribution in [0, 0.1) is 11.7 Å². The number of nitrogens with zero attached hydrogens (tertiary/aromatic N) is 2. The van der Waals surface area contributed by atoms with Crippen molar-refractivity contribution >= 4 is 31.6 Å². The number of halogens is 1. The van der Waals surface area contributed by atoms with Gasteiger partial charge in [-0.2, -0.15) is 4.31 Å². The van der Waals surface area contributed by atoms with Crippen LogP contribution in [0.25, 0.3) is 0 Å². The van der Waals surface area contributed by atoms with Crippen molar-refractivity contribution in [2.24, 2.45) is 5.92 Å². The number of likely N-dealkylation sites (N-methyl/N-ethyl adjacent to an activating group) is 1. The van der Waals surface area contributed by atoms with Gasteiger partial charge >= 0.3 is 0 Å². The number of rotatable bonds is 9. The highest BCUT2D eigenvalue weighted by molar-refractivity contribution is 7.92. The third-order valence-electron chi connectivity index (χ3n) is 8.32. The largest absolute Gasteiger partial charge is 0.490 e. The number of benzene rings is 3. The Hall–Kier alpha value is -3.56. The first-order valence-corrected chi connectivity index (χ1v) is 18.8. The summed E-state index contributed by atoms with van der Waals surface area (Å²) < 4.78 is 82.5. The summed E-state index contributed by atoms with van der Waals surface area (Å²) in [6.07, 6.45) is 1.10. The average molecular weight is 706 g/mol.